The van der Waals surface area contributed by atoms with Gasteiger partial charge in [0.25, 0.3) is 5.91 Å². The van der Waals surface area contributed by atoms with Gasteiger partial charge in [-0.1, -0.05) is 12.1 Å². The summed E-state index contributed by atoms with van der Waals surface area (Å²) >= 11 is 1.40. The number of thiophene rings is 1. The highest BCUT2D eigenvalue weighted by Gasteiger charge is 2.27. The standard InChI is InChI=1S/C24H27N3O3S/c1-4-27(5-2)18-12-10-16(11-13-18)14-17(15-25)22(28)26-23-21(24(29)30-3)19-8-6-7-9-20(19)31-23/h10-14H,4-9H2,1-3H3,(H,26,28)/b17-14-. The molecule has 0 fully saturated rings. The number of hydrogen-bond acceptors (Lipinski definition) is 6. The molecule has 0 aliphatic heterocycles. The number of ether oxygens (including phenoxy) is 1. The van der Waals surface area contributed by atoms with E-state index in [1.54, 1.807) is 6.08 Å². The molecule has 1 N–H and O–H groups in total. The van der Waals surface area contributed by atoms with Crippen molar-refractivity contribution in [2.45, 2.75) is 39.5 Å². The summed E-state index contributed by atoms with van der Waals surface area (Å²) in [6.07, 6.45) is 5.32. The summed E-state index contributed by atoms with van der Waals surface area (Å²) in [6.45, 7) is 6.01. The maximum atomic E-state index is 12.8. The van der Waals surface area contributed by atoms with E-state index in [-0.39, 0.29) is 5.57 Å². The van der Waals surface area contributed by atoms with Crippen LogP contribution in [0.1, 0.15) is 53.1 Å². The minimum atomic E-state index is -0.529. The van der Waals surface area contributed by atoms with Gasteiger partial charge in [-0.15, -0.1) is 11.3 Å². The lowest BCUT2D eigenvalue weighted by molar-refractivity contribution is -0.112. The van der Waals surface area contributed by atoms with Crippen molar-refractivity contribution in [1.82, 2.24) is 0 Å². The molecule has 1 heterocycles. The van der Waals surface area contributed by atoms with E-state index in [1.165, 1.54) is 18.4 Å². The van der Waals surface area contributed by atoms with Crippen LogP contribution in [0.4, 0.5) is 10.7 Å². The van der Waals surface area contributed by atoms with Crippen molar-refractivity contribution < 1.29 is 14.3 Å². The number of methoxy groups -OCH3 is 1. The lowest BCUT2D eigenvalue weighted by atomic mass is 9.95. The number of nitrogens with one attached hydrogen (secondary N) is 1. The van der Waals surface area contributed by atoms with Gasteiger partial charge in [-0.25, -0.2) is 4.79 Å². The predicted molar refractivity (Wildman–Crippen MR) is 125 cm³/mol. The number of nitrogens with zero attached hydrogens (tertiary/aromatic N) is 2. The van der Waals surface area contributed by atoms with Crippen LogP contribution in [0.3, 0.4) is 0 Å². The van der Waals surface area contributed by atoms with Gasteiger partial charge in [-0.2, -0.15) is 5.26 Å². The third-order valence-corrected chi connectivity index (χ3v) is 6.69. The molecule has 1 aliphatic carbocycles. The molecule has 1 aromatic heterocycles. The fraction of sp³-hybridized carbons (Fsp3) is 0.375. The Morgan fingerprint density at radius 3 is 2.48 bits per heavy atom. The second-order valence-corrected chi connectivity index (χ2v) is 8.40. The van der Waals surface area contributed by atoms with Crippen LogP contribution in [0, 0.1) is 11.3 Å². The van der Waals surface area contributed by atoms with Gasteiger partial charge in [-0.3, -0.25) is 4.79 Å². The van der Waals surface area contributed by atoms with Crippen molar-refractivity contribution >= 4 is 40.0 Å². The van der Waals surface area contributed by atoms with Crippen molar-refractivity contribution in [1.29, 1.82) is 5.26 Å². The molecule has 162 valence electrons. The lowest BCUT2D eigenvalue weighted by Crippen LogP contribution is -2.21. The molecule has 31 heavy (non-hydrogen) atoms. The van der Waals surface area contributed by atoms with Crippen LogP contribution in [0.25, 0.3) is 6.08 Å². The number of carbonyl (C=O) groups is 2. The van der Waals surface area contributed by atoms with Crippen molar-refractivity contribution in [2.24, 2.45) is 0 Å². The van der Waals surface area contributed by atoms with E-state index in [0.717, 1.165) is 60.5 Å². The summed E-state index contributed by atoms with van der Waals surface area (Å²) in [5.41, 5.74) is 3.24. The largest absolute Gasteiger partial charge is 0.465 e. The van der Waals surface area contributed by atoms with Crippen LogP contribution in [-0.2, 0) is 22.4 Å². The number of nitriles is 1. The van der Waals surface area contributed by atoms with Gasteiger partial charge in [0, 0.05) is 23.7 Å². The van der Waals surface area contributed by atoms with E-state index in [2.05, 4.69) is 24.1 Å². The summed E-state index contributed by atoms with van der Waals surface area (Å²) in [6, 6.07) is 9.72. The number of esters is 1. The summed E-state index contributed by atoms with van der Waals surface area (Å²) in [5, 5.41) is 12.8. The molecule has 6 nitrogen and oxygen atoms in total. The van der Waals surface area contributed by atoms with Gasteiger partial charge in [0.1, 0.15) is 16.6 Å². The second kappa shape index (κ2) is 10.3. The molecule has 1 aromatic carbocycles. The summed E-state index contributed by atoms with van der Waals surface area (Å²) in [5.74, 6) is -0.983. The smallest absolute Gasteiger partial charge is 0.341 e. The predicted octanol–water partition coefficient (Wildman–Crippen LogP) is 4.81. The van der Waals surface area contributed by atoms with Crippen LogP contribution in [-0.4, -0.2) is 32.1 Å². The van der Waals surface area contributed by atoms with Crippen molar-refractivity contribution in [2.75, 3.05) is 30.4 Å². The first kappa shape index (κ1) is 22.6. The van der Waals surface area contributed by atoms with E-state index in [9.17, 15) is 14.9 Å². The first-order valence-corrected chi connectivity index (χ1v) is 11.3. The Balaban J connectivity index is 1.84. The highest BCUT2D eigenvalue weighted by molar-refractivity contribution is 7.17. The zero-order chi connectivity index (χ0) is 22.4. The molecule has 0 spiro atoms. The molecule has 0 saturated carbocycles. The Labute approximate surface area is 187 Å². The highest BCUT2D eigenvalue weighted by Crippen LogP contribution is 2.38. The zero-order valence-corrected chi connectivity index (χ0v) is 19.0. The Hall–Kier alpha value is -3.11. The van der Waals surface area contributed by atoms with Crippen LogP contribution >= 0.6 is 11.3 Å². The third kappa shape index (κ3) is 4.97. The van der Waals surface area contributed by atoms with Crippen LogP contribution in [0.5, 0.6) is 0 Å². The fourth-order valence-electron chi connectivity index (χ4n) is 3.83. The van der Waals surface area contributed by atoms with Gasteiger partial charge < -0.3 is 15.0 Å². The van der Waals surface area contributed by atoms with Gasteiger partial charge in [0.05, 0.1) is 12.7 Å². The van der Waals surface area contributed by atoms with Gasteiger partial charge in [-0.05, 0) is 68.9 Å². The lowest BCUT2D eigenvalue weighted by Gasteiger charge is -2.20. The number of benzene rings is 1. The zero-order valence-electron chi connectivity index (χ0n) is 18.2. The Morgan fingerprint density at radius 1 is 1.19 bits per heavy atom. The van der Waals surface area contributed by atoms with E-state index < -0.39 is 11.9 Å². The Morgan fingerprint density at radius 2 is 1.87 bits per heavy atom. The van der Waals surface area contributed by atoms with Gasteiger partial charge in [0.2, 0.25) is 0 Å². The molecular weight excluding hydrogens is 410 g/mol. The molecule has 3 rings (SSSR count). The summed E-state index contributed by atoms with van der Waals surface area (Å²) in [7, 11) is 1.34. The van der Waals surface area contributed by atoms with Crippen molar-refractivity contribution in [3.8, 4) is 6.07 Å². The van der Waals surface area contributed by atoms with Crippen LogP contribution in [0.2, 0.25) is 0 Å². The highest BCUT2D eigenvalue weighted by atomic mass is 32.1. The number of rotatable bonds is 7. The fourth-order valence-corrected chi connectivity index (χ4v) is 5.10. The molecular formula is C24H27N3O3S. The molecule has 0 atom stereocenters. The minimum absolute atomic E-state index is 0.0159. The second-order valence-electron chi connectivity index (χ2n) is 7.29. The normalized spacial score (nSPS) is 13.2. The van der Waals surface area contributed by atoms with E-state index in [1.807, 2.05) is 30.3 Å². The Kier molecular flexibility index (Phi) is 7.48. The molecule has 0 unspecified atom stereocenters. The molecule has 1 aliphatic rings. The van der Waals surface area contributed by atoms with Crippen molar-refractivity contribution in [3.63, 3.8) is 0 Å². The maximum absolute atomic E-state index is 12.8. The Bertz CT molecular complexity index is 1030. The minimum Gasteiger partial charge on any atom is -0.465 e. The van der Waals surface area contributed by atoms with Crippen LogP contribution < -0.4 is 10.2 Å². The summed E-state index contributed by atoms with van der Waals surface area (Å²) in [4.78, 5) is 28.5. The SMILES string of the molecule is CCN(CC)c1ccc(/C=C(/C#N)C(=O)Nc2sc3c(c2C(=O)OC)CCCC3)cc1. The number of amides is 1. The van der Waals surface area contributed by atoms with E-state index in [0.29, 0.717) is 10.6 Å². The number of fused-ring (bicyclic) bond motifs is 1. The monoisotopic (exact) mass is 437 g/mol. The number of carbonyl (C=O) groups excluding carboxylic acids is 2. The third-order valence-electron chi connectivity index (χ3n) is 5.49. The molecule has 2 aromatic rings. The van der Waals surface area contributed by atoms with Gasteiger partial charge in [0.15, 0.2) is 0 Å². The topological polar surface area (TPSA) is 82.4 Å². The van der Waals surface area contributed by atoms with E-state index in [4.69, 9.17) is 4.74 Å². The summed E-state index contributed by atoms with van der Waals surface area (Å²) < 4.78 is 4.95. The molecule has 1 amide bonds. The van der Waals surface area contributed by atoms with Gasteiger partial charge >= 0.3 is 5.97 Å². The molecule has 0 bridgehead atoms. The average molecular weight is 438 g/mol. The van der Waals surface area contributed by atoms with Crippen molar-refractivity contribution in [3.05, 3.63) is 51.4 Å². The first-order valence-electron chi connectivity index (χ1n) is 10.5. The molecule has 0 radical (unpaired) electrons. The maximum Gasteiger partial charge on any atom is 0.341 e. The van der Waals surface area contributed by atoms with Crippen LogP contribution in [0.15, 0.2) is 29.8 Å². The molecule has 7 heteroatoms. The number of anilines is 2. The first-order chi connectivity index (χ1) is 15.0. The number of hydrogen-bond donors (Lipinski definition) is 1. The van der Waals surface area contributed by atoms with E-state index >= 15 is 0 Å². The molecule has 0 saturated heterocycles. The number of aryl methyl sites for hydroxylation is 1. The quantitative estimate of drug-likeness (QED) is 0.382. The average Bonchev–Trinajstić information content (AvgIpc) is 3.16.